The fourth-order valence-corrected chi connectivity index (χ4v) is 3.49. The van der Waals surface area contributed by atoms with E-state index in [9.17, 15) is 9.90 Å². The summed E-state index contributed by atoms with van der Waals surface area (Å²) in [6.45, 7) is 8.93. The van der Waals surface area contributed by atoms with Crippen LogP contribution in [0.4, 0.5) is 0 Å². The van der Waals surface area contributed by atoms with Gasteiger partial charge in [0.05, 0.1) is 5.92 Å². The number of hydrogen-bond acceptors (Lipinski definition) is 3. The predicted octanol–water partition coefficient (Wildman–Crippen LogP) is 2.90. The smallest absolute Gasteiger partial charge is 0.307 e. The van der Waals surface area contributed by atoms with Gasteiger partial charge in [-0.3, -0.25) is 9.69 Å². The molecule has 0 aliphatic carbocycles. The van der Waals surface area contributed by atoms with E-state index < -0.39 is 5.97 Å². The molecular weight excluding hydrogens is 290 g/mol. The molecule has 0 spiro atoms. The summed E-state index contributed by atoms with van der Waals surface area (Å²) in [5, 5.41) is 9.50. The van der Waals surface area contributed by atoms with Gasteiger partial charge in [-0.25, -0.2) is 4.98 Å². The average Bonchev–Trinajstić information content (AvgIpc) is 2.95. The van der Waals surface area contributed by atoms with Gasteiger partial charge < -0.3 is 9.51 Å². The molecule has 2 atom stereocenters. The number of carboxylic acid groups (broad SMARTS) is 1. The Kier molecular flexibility index (Phi) is 4.15. The zero-order valence-electron chi connectivity index (χ0n) is 14.1. The van der Waals surface area contributed by atoms with Crippen LogP contribution in [-0.4, -0.2) is 38.4 Å². The van der Waals surface area contributed by atoms with Gasteiger partial charge in [0.1, 0.15) is 5.65 Å². The standard InChI is InChI=1S/C18H25N3O2/c1-18(2,3)14-9-13(17(22)23)10-20(11-14)12-15-5-4-6-16-19-7-8-21(15)16/h4-8,13-14H,9-12H2,1-3H3,(H,22,23). The van der Waals surface area contributed by atoms with Gasteiger partial charge in [0.2, 0.25) is 0 Å². The van der Waals surface area contributed by atoms with E-state index in [4.69, 9.17) is 0 Å². The summed E-state index contributed by atoms with van der Waals surface area (Å²) >= 11 is 0. The lowest BCUT2D eigenvalue weighted by Crippen LogP contribution is -2.46. The fraction of sp³-hybridized carbons (Fsp3) is 0.556. The highest BCUT2D eigenvalue weighted by Gasteiger charge is 2.37. The van der Waals surface area contributed by atoms with E-state index in [1.165, 1.54) is 0 Å². The van der Waals surface area contributed by atoms with Crippen molar-refractivity contribution in [3.05, 3.63) is 36.3 Å². The molecule has 0 amide bonds. The van der Waals surface area contributed by atoms with E-state index in [1.54, 1.807) is 6.20 Å². The highest BCUT2D eigenvalue weighted by Crippen LogP contribution is 2.36. The van der Waals surface area contributed by atoms with Gasteiger partial charge in [-0.1, -0.05) is 26.8 Å². The molecule has 0 saturated carbocycles. The second-order valence-corrected chi connectivity index (χ2v) is 7.70. The third-order valence-electron chi connectivity index (χ3n) is 5.00. The number of likely N-dealkylation sites (tertiary alicyclic amines) is 1. The topological polar surface area (TPSA) is 57.8 Å². The summed E-state index contributed by atoms with van der Waals surface area (Å²) < 4.78 is 2.08. The molecular formula is C18H25N3O2. The summed E-state index contributed by atoms with van der Waals surface area (Å²) in [4.78, 5) is 18.2. The van der Waals surface area contributed by atoms with Crippen LogP contribution in [0, 0.1) is 17.3 Å². The molecule has 3 heterocycles. The Bertz CT molecular complexity index is 702. The van der Waals surface area contributed by atoms with Crippen molar-refractivity contribution >= 4 is 11.6 Å². The number of carboxylic acids is 1. The summed E-state index contributed by atoms with van der Waals surface area (Å²) in [6, 6.07) is 6.08. The third-order valence-corrected chi connectivity index (χ3v) is 5.00. The first-order valence-corrected chi connectivity index (χ1v) is 8.20. The zero-order valence-corrected chi connectivity index (χ0v) is 14.1. The minimum Gasteiger partial charge on any atom is -0.481 e. The second-order valence-electron chi connectivity index (χ2n) is 7.70. The first kappa shape index (κ1) is 16.0. The number of rotatable bonds is 3. The van der Waals surface area contributed by atoms with Crippen LogP contribution >= 0.6 is 0 Å². The van der Waals surface area contributed by atoms with Crippen LogP contribution in [0.1, 0.15) is 32.9 Å². The van der Waals surface area contributed by atoms with Crippen LogP contribution in [0.15, 0.2) is 30.6 Å². The number of aromatic nitrogens is 2. The summed E-state index contributed by atoms with van der Waals surface area (Å²) in [6.07, 6.45) is 4.53. The molecule has 0 bridgehead atoms. The minimum atomic E-state index is -0.676. The Morgan fingerprint density at radius 3 is 2.83 bits per heavy atom. The van der Waals surface area contributed by atoms with Crippen molar-refractivity contribution in [3.63, 3.8) is 0 Å². The number of pyridine rings is 1. The molecule has 0 radical (unpaired) electrons. The summed E-state index contributed by atoms with van der Waals surface area (Å²) in [5.74, 6) is -0.570. The number of piperidine rings is 1. The number of aliphatic carboxylic acids is 1. The monoisotopic (exact) mass is 315 g/mol. The molecule has 3 rings (SSSR count). The van der Waals surface area contributed by atoms with Gasteiger partial charge in [-0.05, 0) is 29.9 Å². The molecule has 5 heteroatoms. The van der Waals surface area contributed by atoms with Crippen molar-refractivity contribution in [2.45, 2.75) is 33.7 Å². The molecule has 1 fully saturated rings. The predicted molar refractivity (Wildman–Crippen MR) is 89.2 cm³/mol. The van der Waals surface area contributed by atoms with Crippen LogP contribution in [0.5, 0.6) is 0 Å². The Hall–Kier alpha value is -1.88. The molecule has 2 aromatic rings. The first-order valence-electron chi connectivity index (χ1n) is 8.20. The maximum Gasteiger partial charge on any atom is 0.307 e. The van der Waals surface area contributed by atoms with E-state index in [0.29, 0.717) is 12.5 Å². The Labute approximate surface area is 136 Å². The van der Waals surface area contributed by atoms with Gasteiger partial charge in [0, 0.05) is 37.7 Å². The lowest BCUT2D eigenvalue weighted by Gasteiger charge is -2.42. The maximum absolute atomic E-state index is 11.6. The quantitative estimate of drug-likeness (QED) is 0.946. The number of nitrogens with zero attached hydrogens (tertiary/aromatic N) is 3. The lowest BCUT2D eigenvalue weighted by molar-refractivity contribution is -0.145. The molecule has 1 aliphatic heterocycles. The lowest BCUT2D eigenvalue weighted by atomic mass is 9.73. The van der Waals surface area contributed by atoms with E-state index >= 15 is 0 Å². The zero-order chi connectivity index (χ0) is 16.6. The second kappa shape index (κ2) is 5.96. The first-order chi connectivity index (χ1) is 10.8. The van der Waals surface area contributed by atoms with E-state index in [0.717, 1.165) is 30.9 Å². The van der Waals surface area contributed by atoms with Crippen LogP contribution in [0.2, 0.25) is 0 Å². The van der Waals surface area contributed by atoms with Crippen LogP contribution in [0.25, 0.3) is 5.65 Å². The van der Waals surface area contributed by atoms with Crippen LogP contribution < -0.4 is 0 Å². The Morgan fingerprint density at radius 1 is 1.35 bits per heavy atom. The molecule has 23 heavy (non-hydrogen) atoms. The molecule has 1 aliphatic rings. The molecule has 1 saturated heterocycles. The normalized spacial score (nSPS) is 23.3. The molecule has 2 aromatic heterocycles. The molecule has 5 nitrogen and oxygen atoms in total. The highest BCUT2D eigenvalue weighted by atomic mass is 16.4. The number of carbonyl (C=O) groups is 1. The van der Waals surface area contributed by atoms with Gasteiger partial charge in [-0.15, -0.1) is 0 Å². The number of imidazole rings is 1. The van der Waals surface area contributed by atoms with Gasteiger partial charge in [0.15, 0.2) is 0 Å². The molecule has 2 unspecified atom stereocenters. The Morgan fingerprint density at radius 2 is 2.13 bits per heavy atom. The third kappa shape index (κ3) is 3.39. The van der Waals surface area contributed by atoms with Crippen molar-refractivity contribution in [3.8, 4) is 0 Å². The van der Waals surface area contributed by atoms with Crippen LogP contribution in [0.3, 0.4) is 0 Å². The minimum absolute atomic E-state index is 0.118. The molecule has 1 N–H and O–H groups in total. The summed E-state index contributed by atoms with van der Waals surface area (Å²) in [5.41, 5.74) is 2.20. The van der Waals surface area contributed by atoms with Gasteiger partial charge >= 0.3 is 5.97 Å². The van der Waals surface area contributed by atoms with E-state index in [-0.39, 0.29) is 11.3 Å². The Balaban J connectivity index is 1.83. The average molecular weight is 315 g/mol. The van der Waals surface area contributed by atoms with Crippen LogP contribution in [-0.2, 0) is 11.3 Å². The largest absolute Gasteiger partial charge is 0.481 e. The van der Waals surface area contributed by atoms with Gasteiger partial charge in [0.25, 0.3) is 0 Å². The van der Waals surface area contributed by atoms with Crippen molar-refractivity contribution in [2.24, 2.45) is 17.3 Å². The SMILES string of the molecule is CC(C)(C)C1CC(C(=O)O)CN(Cc2cccc3nccn23)C1. The fourth-order valence-electron chi connectivity index (χ4n) is 3.49. The highest BCUT2D eigenvalue weighted by molar-refractivity contribution is 5.70. The molecule has 0 aromatic carbocycles. The number of fused-ring (bicyclic) bond motifs is 1. The van der Waals surface area contributed by atoms with Crippen molar-refractivity contribution < 1.29 is 9.90 Å². The van der Waals surface area contributed by atoms with E-state index in [2.05, 4.69) is 41.1 Å². The van der Waals surface area contributed by atoms with E-state index in [1.807, 2.05) is 18.3 Å². The maximum atomic E-state index is 11.6. The summed E-state index contributed by atoms with van der Waals surface area (Å²) in [7, 11) is 0. The van der Waals surface area contributed by atoms with Gasteiger partial charge in [-0.2, -0.15) is 0 Å². The van der Waals surface area contributed by atoms with Crippen molar-refractivity contribution in [1.29, 1.82) is 0 Å². The van der Waals surface area contributed by atoms with Crippen molar-refractivity contribution in [2.75, 3.05) is 13.1 Å². The molecule has 124 valence electrons. The van der Waals surface area contributed by atoms with Crippen molar-refractivity contribution in [1.82, 2.24) is 14.3 Å². The number of hydrogen-bond donors (Lipinski definition) is 1.